The zero-order valence-corrected chi connectivity index (χ0v) is 8.13. The first-order chi connectivity index (χ1) is 5.77. The second kappa shape index (κ2) is 4.30. The summed E-state index contributed by atoms with van der Waals surface area (Å²) in [4.78, 5) is 12.0. The summed E-state index contributed by atoms with van der Waals surface area (Å²) in [5, 5.41) is 0. The minimum Gasteiger partial charge on any atom is -0.297 e. The average Bonchev–Trinajstić information content (AvgIpc) is 2.43. The third-order valence-electron chi connectivity index (χ3n) is 1.32. The molecule has 0 saturated carbocycles. The van der Waals surface area contributed by atoms with Crippen LogP contribution in [0.5, 0.6) is 0 Å². The van der Waals surface area contributed by atoms with Gasteiger partial charge in [0.05, 0.1) is 15.6 Å². The van der Waals surface area contributed by atoms with E-state index in [0.717, 1.165) is 16.7 Å². The van der Waals surface area contributed by atoms with Crippen LogP contribution in [0, 0.1) is 18.8 Å². The molecule has 0 aliphatic heterocycles. The van der Waals surface area contributed by atoms with E-state index in [4.69, 9.17) is 11.6 Å². The molecular formula is C9H7ClOS. The summed E-state index contributed by atoms with van der Waals surface area (Å²) in [7, 11) is 0. The lowest BCUT2D eigenvalue weighted by Crippen LogP contribution is -1.69. The summed E-state index contributed by atoms with van der Waals surface area (Å²) < 4.78 is 0. The minimum absolute atomic E-state index is 0.327. The Balaban J connectivity index is 2.99. The topological polar surface area (TPSA) is 17.1 Å². The summed E-state index contributed by atoms with van der Waals surface area (Å²) in [6.45, 7) is 1.93. The molecular weight excluding hydrogens is 192 g/mol. The summed E-state index contributed by atoms with van der Waals surface area (Å²) in [5.74, 6) is 5.97. The fraction of sp³-hybridized carbons (Fsp3) is 0.222. The van der Waals surface area contributed by atoms with Crippen molar-refractivity contribution in [3.8, 4) is 11.8 Å². The van der Waals surface area contributed by atoms with Gasteiger partial charge in [0.2, 0.25) is 0 Å². The summed E-state index contributed by atoms with van der Waals surface area (Å²) in [5.41, 5.74) is 1.04. The lowest BCUT2D eigenvalue weighted by atomic mass is 10.3. The number of halogens is 1. The van der Waals surface area contributed by atoms with Gasteiger partial charge in [-0.3, -0.25) is 4.79 Å². The molecule has 0 atom stereocenters. The van der Waals surface area contributed by atoms with Crippen molar-refractivity contribution in [1.82, 2.24) is 0 Å². The van der Waals surface area contributed by atoms with Crippen LogP contribution in [-0.4, -0.2) is 12.2 Å². The first-order valence-electron chi connectivity index (χ1n) is 3.38. The number of carbonyl (C=O) groups is 1. The Morgan fingerprint density at radius 1 is 1.75 bits per heavy atom. The van der Waals surface area contributed by atoms with Crippen molar-refractivity contribution in [3.05, 3.63) is 21.4 Å². The van der Waals surface area contributed by atoms with Crippen LogP contribution in [0.4, 0.5) is 0 Å². The fourth-order valence-corrected chi connectivity index (χ4v) is 1.73. The van der Waals surface area contributed by atoms with Crippen LogP contribution in [0.1, 0.15) is 20.1 Å². The number of alkyl halides is 1. The molecule has 1 nitrogen and oxygen atoms in total. The third-order valence-corrected chi connectivity index (χ3v) is 2.53. The number of aldehydes is 1. The number of hydrogen-bond donors (Lipinski definition) is 0. The second-order valence-electron chi connectivity index (χ2n) is 2.21. The van der Waals surface area contributed by atoms with E-state index in [0.29, 0.717) is 10.8 Å². The van der Waals surface area contributed by atoms with E-state index in [1.807, 2.05) is 13.0 Å². The van der Waals surface area contributed by atoms with E-state index in [1.54, 1.807) is 0 Å². The molecule has 1 aromatic heterocycles. The predicted octanol–water partition coefficient (Wildman–Crippen LogP) is 2.46. The highest BCUT2D eigenvalue weighted by atomic mass is 35.5. The largest absolute Gasteiger partial charge is 0.297 e. The van der Waals surface area contributed by atoms with Crippen LogP contribution in [0.15, 0.2) is 6.07 Å². The van der Waals surface area contributed by atoms with E-state index >= 15 is 0 Å². The SMILES string of the molecule is Cc1cc(C=O)sc1C#CCCl. The maximum absolute atomic E-state index is 10.4. The van der Waals surface area contributed by atoms with Crippen LogP contribution >= 0.6 is 22.9 Å². The monoisotopic (exact) mass is 198 g/mol. The molecule has 1 rings (SSSR count). The van der Waals surface area contributed by atoms with E-state index in [1.165, 1.54) is 11.3 Å². The quantitative estimate of drug-likeness (QED) is 0.385. The van der Waals surface area contributed by atoms with Gasteiger partial charge in [-0.15, -0.1) is 22.9 Å². The van der Waals surface area contributed by atoms with E-state index in [9.17, 15) is 4.79 Å². The molecule has 0 unspecified atom stereocenters. The molecule has 0 aromatic carbocycles. The molecule has 0 amide bonds. The van der Waals surface area contributed by atoms with E-state index in [2.05, 4.69) is 11.8 Å². The molecule has 0 aliphatic carbocycles. The Morgan fingerprint density at radius 3 is 3.00 bits per heavy atom. The van der Waals surface area contributed by atoms with E-state index < -0.39 is 0 Å². The molecule has 12 heavy (non-hydrogen) atoms. The van der Waals surface area contributed by atoms with Gasteiger partial charge in [0.25, 0.3) is 0 Å². The fourth-order valence-electron chi connectivity index (χ4n) is 0.803. The number of thiophene rings is 1. The number of aryl methyl sites for hydroxylation is 1. The standard InChI is InChI=1S/C9H7ClOS/c1-7-5-8(6-11)12-9(7)3-2-4-10/h5-6H,4H2,1H3. The molecule has 0 radical (unpaired) electrons. The van der Waals surface area contributed by atoms with Crippen molar-refractivity contribution < 1.29 is 4.79 Å². The number of carbonyl (C=O) groups excluding carboxylic acids is 1. The maximum Gasteiger partial charge on any atom is 0.160 e. The minimum atomic E-state index is 0.327. The first kappa shape index (κ1) is 9.31. The first-order valence-corrected chi connectivity index (χ1v) is 4.73. The molecule has 0 N–H and O–H groups in total. The van der Waals surface area contributed by atoms with Gasteiger partial charge >= 0.3 is 0 Å². The van der Waals surface area contributed by atoms with E-state index in [-0.39, 0.29) is 0 Å². The molecule has 1 heterocycles. The van der Waals surface area contributed by atoms with Gasteiger partial charge < -0.3 is 0 Å². The average molecular weight is 199 g/mol. The van der Waals surface area contributed by atoms with Crippen molar-refractivity contribution in [2.45, 2.75) is 6.92 Å². The van der Waals surface area contributed by atoms with Gasteiger partial charge in [0.1, 0.15) is 0 Å². The van der Waals surface area contributed by atoms with Gasteiger partial charge in [0, 0.05) is 0 Å². The molecule has 0 aliphatic rings. The molecule has 62 valence electrons. The Bertz CT molecular complexity index is 343. The van der Waals surface area contributed by atoms with Crippen molar-refractivity contribution in [1.29, 1.82) is 0 Å². The highest BCUT2D eigenvalue weighted by molar-refractivity contribution is 7.14. The number of rotatable bonds is 1. The van der Waals surface area contributed by atoms with Crippen LogP contribution in [0.2, 0.25) is 0 Å². The highest BCUT2D eigenvalue weighted by Crippen LogP contribution is 2.18. The van der Waals surface area contributed by atoms with Crippen LogP contribution < -0.4 is 0 Å². The summed E-state index contributed by atoms with van der Waals surface area (Å²) >= 11 is 6.81. The van der Waals surface area contributed by atoms with Crippen molar-refractivity contribution in [2.24, 2.45) is 0 Å². The van der Waals surface area contributed by atoms with Crippen molar-refractivity contribution in [3.63, 3.8) is 0 Å². The van der Waals surface area contributed by atoms with Crippen molar-refractivity contribution >= 4 is 29.2 Å². The van der Waals surface area contributed by atoms with Gasteiger partial charge in [-0.2, -0.15) is 0 Å². The van der Waals surface area contributed by atoms with Gasteiger partial charge in [-0.1, -0.05) is 11.8 Å². The Labute approximate surface area is 80.4 Å². The maximum atomic E-state index is 10.4. The zero-order valence-electron chi connectivity index (χ0n) is 6.56. The lowest BCUT2D eigenvalue weighted by Gasteiger charge is -1.81. The molecule has 0 fully saturated rings. The molecule has 0 bridgehead atoms. The Kier molecular flexibility index (Phi) is 3.33. The lowest BCUT2D eigenvalue weighted by molar-refractivity contribution is 0.112. The molecule has 3 heteroatoms. The molecule has 1 aromatic rings. The normalized spacial score (nSPS) is 8.83. The van der Waals surface area contributed by atoms with Crippen LogP contribution in [0.3, 0.4) is 0 Å². The third kappa shape index (κ3) is 2.10. The Hall–Kier alpha value is -0.780. The zero-order chi connectivity index (χ0) is 8.97. The van der Waals surface area contributed by atoms with Gasteiger partial charge in [0.15, 0.2) is 6.29 Å². The Morgan fingerprint density at radius 2 is 2.50 bits per heavy atom. The van der Waals surface area contributed by atoms with Gasteiger partial charge in [-0.05, 0) is 18.6 Å². The van der Waals surface area contributed by atoms with Crippen molar-refractivity contribution in [2.75, 3.05) is 5.88 Å². The van der Waals surface area contributed by atoms with Crippen LogP contribution in [0.25, 0.3) is 0 Å². The molecule has 0 spiro atoms. The van der Waals surface area contributed by atoms with Gasteiger partial charge in [-0.25, -0.2) is 0 Å². The number of hydrogen-bond acceptors (Lipinski definition) is 2. The predicted molar refractivity (Wildman–Crippen MR) is 52.0 cm³/mol. The van der Waals surface area contributed by atoms with Crippen LogP contribution in [-0.2, 0) is 0 Å². The molecule has 0 saturated heterocycles. The summed E-state index contributed by atoms with van der Waals surface area (Å²) in [6, 6.07) is 1.83. The highest BCUT2D eigenvalue weighted by Gasteiger charge is 2.00. The summed E-state index contributed by atoms with van der Waals surface area (Å²) in [6.07, 6.45) is 0.837. The smallest absolute Gasteiger partial charge is 0.160 e. The second-order valence-corrected chi connectivity index (χ2v) is 3.57.